The second kappa shape index (κ2) is 11.2. The third-order valence-electron chi connectivity index (χ3n) is 10.7. The molecule has 0 fully saturated rings. The van der Waals surface area contributed by atoms with Gasteiger partial charge < -0.3 is 8.83 Å². The monoisotopic (exact) mass is 695 g/mol. The Morgan fingerprint density at radius 1 is 0.352 bits per heavy atom. The van der Waals surface area contributed by atoms with Crippen molar-refractivity contribution in [3.63, 3.8) is 0 Å². The van der Waals surface area contributed by atoms with Crippen LogP contribution in [-0.2, 0) is 0 Å². The van der Waals surface area contributed by atoms with E-state index in [0.717, 1.165) is 65.3 Å². The van der Waals surface area contributed by atoms with Crippen molar-refractivity contribution in [3.05, 3.63) is 182 Å². The summed E-state index contributed by atoms with van der Waals surface area (Å²) in [4.78, 5) is 0. The van der Waals surface area contributed by atoms with E-state index < -0.39 is 30.2 Å². The molecule has 0 spiro atoms. The Kier molecular flexibility index (Phi) is 4.56. The van der Waals surface area contributed by atoms with Gasteiger partial charge in [0.05, 0.1) is 17.7 Å². The molecule has 2 nitrogen and oxygen atoms in total. The highest BCUT2D eigenvalue weighted by atomic mass is 16.3. The van der Waals surface area contributed by atoms with Crippen LogP contribution < -0.4 is 0 Å². The number of para-hydroxylation sites is 1. The minimum absolute atomic E-state index is 0.0153. The lowest BCUT2D eigenvalue weighted by Crippen LogP contribution is -1.92. The average Bonchev–Trinajstić information content (AvgIpc) is 3.91. The van der Waals surface area contributed by atoms with Crippen molar-refractivity contribution in [1.82, 2.24) is 0 Å². The zero-order valence-electron chi connectivity index (χ0n) is 37.4. The Labute approximate surface area is 322 Å². The minimum atomic E-state index is -0.510. The first-order valence-corrected chi connectivity index (χ1v) is 17.8. The van der Waals surface area contributed by atoms with Gasteiger partial charge in [0.1, 0.15) is 22.3 Å². The van der Waals surface area contributed by atoms with Gasteiger partial charge in [-0.25, -0.2) is 0 Å². The summed E-state index contributed by atoms with van der Waals surface area (Å²) in [5.74, 6) is 0. The van der Waals surface area contributed by atoms with Crippen molar-refractivity contribution < 1.29 is 21.2 Å². The first kappa shape index (κ1) is 22.0. The molecule has 0 aliphatic carbocycles. The van der Waals surface area contributed by atoms with Crippen LogP contribution in [0.2, 0.25) is 0 Å². The third kappa shape index (κ3) is 4.28. The van der Waals surface area contributed by atoms with Crippen LogP contribution in [0.25, 0.3) is 120 Å². The quantitative estimate of drug-likeness (QED) is 0.172. The van der Waals surface area contributed by atoms with Gasteiger partial charge in [-0.05, 0) is 125 Å². The molecule has 12 rings (SSSR count). The Morgan fingerprint density at radius 3 is 1.69 bits per heavy atom. The standard InChI is InChI=1S/C52H30O2/c1-3-11-33-27-37(19-17-31(33)9-1)49-40-14-5-6-15-41(40)50(38-20-18-32-10-2-4-12-34(32)28-38)44-29-35(21-23-42(44)49)36-22-25-47-45(30-36)51-48(53-47)26-24-43-39-13-7-8-16-46(39)54-52(43)51/h1-30H/i7D,8D,13D,16D,22D,24D,25D,26D,30D. The molecular formula is C52H30O2. The highest BCUT2D eigenvalue weighted by Crippen LogP contribution is 2.46. The summed E-state index contributed by atoms with van der Waals surface area (Å²) < 4.78 is 92.8. The molecule has 0 N–H and O–H groups in total. The van der Waals surface area contributed by atoms with Crippen LogP contribution in [0.15, 0.2) is 191 Å². The summed E-state index contributed by atoms with van der Waals surface area (Å²) in [5, 5.41) is 8.45. The average molecular weight is 696 g/mol. The number of hydrogen-bond donors (Lipinski definition) is 0. The van der Waals surface area contributed by atoms with E-state index in [1.54, 1.807) is 0 Å². The van der Waals surface area contributed by atoms with Gasteiger partial charge in [-0.2, -0.15) is 0 Å². The Bertz CT molecular complexity index is 4030. The molecule has 0 unspecified atom stereocenters. The fourth-order valence-corrected chi connectivity index (χ4v) is 8.24. The second-order valence-corrected chi connectivity index (χ2v) is 13.7. The summed E-state index contributed by atoms with van der Waals surface area (Å²) >= 11 is 0. The molecule has 2 aromatic heterocycles. The van der Waals surface area contributed by atoms with Crippen LogP contribution in [0.1, 0.15) is 12.3 Å². The van der Waals surface area contributed by atoms with Gasteiger partial charge in [0.2, 0.25) is 0 Å². The van der Waals surface area contributed by atoms with Gasteiger partial charge in [-0.1, -0.05) is 133 Å². The van der Waals surface area contributed by atoms with Gasteiger partial charge >= 0.3 is 0 Å². The van der Waals surface area contributed by atoms with Crippen molar-refractivity contribution in [2.75, 3.05) is 0 Å². The smallest absolute Gasteiger partial charge is 0.147 e. The van der Waals surface area contributed by atoms with Crippen LogP contribution in [0.3, 0.4) is 0 Å². The van der Waals surface area contributed by atoms with E-state index in [2.05, 4.69) is 78.9 Å². The number of fused-ring (bicyclic) bond motifs is 11. The van der Waals surface area contributed by atoms with Crippen molar-refractivity contribution in [2.24, 2.45) is 0 Å². The molecule has 54 heavy (non-hydrogen) atoms. The number of furan rings is 2. The summed E-state index contributed by atoms with van der Waals surface area (Å²) in [6.07, 6.45) is 0. The predicted molar refractivity (Wildman–Crippen MR) is 227 cm³/mol. The van der Waals surface area contributed by atoms with E-state index in [1.165, 1.54) is 0 Å². The van der Waals surface area contributed by atoms with Crippen LogP contribution in [0.4, 0.5) is 0 Å². The molecule has 2 heteroatoms. The van der Waals surface area contributed by atoms with E-state index in [0.29, 0.717) is 5.56 Å². The highest BCUT2D eigenvalue weighted by molar-refractivity contribution is 6.24. The van der Waals surface area contributed by atoms with Gasteiger partial charge in [0.15, 0.2) is 0 Å². The van der Waals surface area contributed by atoms with Crippen LogP contribution in [-0.4, -0.2) is 0 Å². The van der Waals surface area contributed by atoms with E-state index in [-0.39, 0.29) is 73.6 Å². The second-order valence-electron chi connectivity index (χ2n) is 13.7. The van der Waals surface area contributed by atoms with Gasteiger partial charge in [-0.15, -0.1) is 0 Å². The van der Waals surface area contributed by atoms with Crippen molar-refractivity contribution in [2.45, 2.75) is 0 Å². The molecule has 0 saturated carbocycles. The van der Waals surface area contributed by atoms with Gasteiger partial charge in [-0.3, -0.25) is 0 Å². The predicted octanol–water partition coefficient (Wildman–Crippen LogP) is 15.1. The zero-order valence-corrected chi connectivity index (χ0v) is 28.4. The first-order valence-electron chi connectivity index (χ1n) is 22.3. The van der Waals surface area contributed by atoms with E-state index >= 15 is 0 Å². The Balaban J connectivity index is 1.21. The molecule has 0 radical (unpaired) electrons. The molecule has 0 aliphatic heterocycles. The molecule has 0 saturated heterocycles. The number of benzene rings is 10. The number of hydrogen-bond acceptors (Lipinski definition) is 2. The van der Waals surface area contributed by atoms with E-state index in [9.17, 15) is 4.11 Å². The lowest BCUT2D eigenvalue weighted by molar-refractivity contribution is 0.663. The summed E-state index contributed by atoms with van der Waals surface area (Å²) in [7, 11) is 0. The van der Waals surface area contributed by atoms with Crippen LogP contribution in [0, 0.1) is 0 Å². The topological polar surface area (TPSA) is 26.3 Å². The van der Waals surface area contributed by atoms with Gasteiger partial charge in [0, 0.05) is 16.2 Å². The largest absolute Gasteiger partial charge is 0.456 e. The SMILES string of the molecule is [2H]c1c([2H])c([2H])c2c(oc3c2c([2H])c([2H])c2oc4c([2H])c([2H])c(-c5ccc6c(-c7ccc8ccccc8c7)c7ccccc7c(-c7ccc8ccccc8c7)c6c5)c([2H])c4c23)c1[2H]. The lowest BCUT2D eigenvalue weighted by Gasteiger charge is -2.19. The zero-order chi connectivity index (χ0) is 43.2. The normalized spacial score (nSPS) is 14.4. The maximum absolute atomic E-state index is 9.85. The molecule has 2 heterocycles. The molecule has 10 aromatic carbocycles. The summed E-state index contributed by atoms with van der Waals surface area (Å²) in [6, 6.07) is 40.3. The van der Waals surface area contributed by atoms with E-state index in [1.807, 2.05) is 48.5 Å². The van der Waals surface area contributed by atoms with Gasteiger partial charge in [0.25, 0.3) is 0 Å². The molecule has 0 bridgehead atoms. The maximum atomic E-state index is 9.85. The Hall–Kier alpha value is -7.16. The third-order valence-corrected chi connectivity index (χ3v) is 10.7. The van der Waals surface area contributed by atoms with Crippen LogP contribution >= 0.6 is 0 Å². The minimum Gasteiger partial charge on any atom is -0.456 e. The fraction of sp³-hybridized carbons (Fsp3) is 0. The number of rotatable bonds is 3. The fourth-order valence-electron chi connectivity index (χ4n) is 8.24. The van der Waals surface area contributed by atoms with E-state index in [4.69, 9.17) is 17.1 Å². The summed E-state index contributed by atoms with van der Waals surface area (Å²) in [6.45, 7) is 0. The van der Waals surface area contributed by atoms with Crippen molar-refractivity contribution in [1.29, 1.82) is 0 Å². The molecule has 0 amide bonds. The molecule has 250 valence electrons. The highest BCUT2D eigenvalue weighted by Gasteiger charge is 2.20. The Morgan fingerprint density at radius 2 is 0.944 bits per heavy atom. The van der Waals surface area contributed by atoms with Crippen molar-refractivity contribution in [3.8, 4) is 33.4 Å². The molecule has 0 aliphatic rings. The summed E-state index contributed by atoms with van der Waals surface area (Å²) in [5.41, 5.74) is 4.18. The van der Waals surface area contributed by atoms with Crippen LogP contribution in [0.5, 0.6) is 0 Å². The molecule has 12 aromatic rings. The first-order chi connectivity index (χ1) is 30.5. The van der Waals surface area contributed by atoms with Crippen molar-refractivity contribution >= 4 is 87.0 Å². The lowest BCUT2D eigenvalue weighted by atomic mass is 9.84. The molecule has 0 atom stereocenters. The maximum Gasteiger partial charge on any atom is 0.147 e. The molecular weight excluding hydrogens is 657 g/mol.